The Morgan fingerprint density at radius 1 is 1.04 bits per heavy atom. The minimum absolute atomic E-state index is 0.0767. The van der Waals surface area contributed by atoms with Crippen molar-refractivity contribution in [2.24, 2.45) is 0 Å². The Bertz CT molecular complexity index is 917. The molecule has 144 valence electrons. The van der Waals surface area contributed by atoms with E-state index in [9.17, 15) is 4.79 Å². The minimum atomic E-state index is 0.0767. The number of ether oxygens (including phenoxy) is 1. The van der Waals surface area contributed by atoms with Crippen LogP contribution in [0.3, 0.4) is 0 Å². The third-order valence-corrected chi connectivity index (χ3v) is 5.26. The van der Waals surface area contributed by atoms with Crippen LogP contribution in [0.25, 0.3) is 11.3 Å². The van der Waals surface area contributed by atoms with Crippen LogP contribution in [0.4, 0.5) is 5.69 Å². The quantitative estimate of drug-likeness (QED) is 0.681. The van der Waals surface area contributed by atoms with E-state index >= 15 is 0 Å². The van der Waals surface area contributed by atoms with E-state index in [4.69, 9.17) is 9.15 Å². The normalized spacial score (nSPS) is 16.9. The zero-order valence-corrected chi connectivity index (χ0v) is 16.2. The molecule has 0 saturated carbocycles. The molecule has 1 saturated heterocycles. The highest BCUT2D eigenvalue weighted by Gasteiger charge is 2.28. The van der Waals surface area contributed by atoms with Gasteiger partial charge in [0.15, 0.2) is 0 Å². The number of benzene rings is 2. The predicted molar refractivity (Wildman–Crippen MR) is 110 cm³/mol. The molecule has 0 spiro atoms. The second kappa shape index (κ2) is 7.80. The molecule has 28 heavy (non-hydrogen) atoms. The van der Waals surface area contributed by atoms with Gasteiger partial charge in [-0.25, -0.2) is 0 Å². The zero-order chi connectivity index (χ0) is 19.5. The minimum Gasteiger partial charge on any atom is -0.497 e. The Morgan fingerprint density at radius 3 is 2.39 bits per heavy atom. The molecule has 0 aliphatic carbocycles. The van der Waals surface area contributed by atoms with Crippen molar-refractivity contribution >= 4 is 11.6 Å². The van der Waals surface area contributed by atoms with Gasteiger partial charge in [-0.2, -0.15) is 0 Å². The van der Waals surface area contributed by atoms with Crippen LogP contribution in [0.15, 0.2) is 71.3 Å². The highest BCUT2D eigenvalue weighted by molar-refractivity contribution is 5.95. The molecule has 1 amide bonds. The standard InChI is InChI=1S/C23H24N2O3/c1-17-16-24(20-9-11-21(27-2)12-10-20)13-14-25(17)23(26)19-7-5-18(6-8-19)22-4-3-15-28-22/h3-12,15,17H,13-14,16H2,1-2H3/t17-/m1/s1. The molecule has 0 unspecified atom stereocenters. The molecular weight excluding hydrogens is 352 g/mol. The second-order valence-electron chi connectivity index (χ2n) is 7.05. The Hall–Kier alpha value is -3.21. The van der Waals surface area contributed by atoms with Gasteiger partial charge in [-0.1, -0.05) is 12.1 Å². The van der Waals surface area contributed by atoms with Crippen molar-refractivity contribution < 1.29 is 13.9 Å². The summed E-state index contributed by atoms with van der Waals surface area (Å²) in [4.78, 5) is 17.3. The third-order valence-electron chi connectivity index (χ3n) is 5.26. The summed E-state index contributed by atoms with van der Waals surface area (Å²) >= 11 is 0. The number of carbonyl (C=O) groups is 1. The van der Waals surface area contributed by atoms with Gasteiger partial charge in [0, 0.05) is 42.5 Å². The number of hydrogen-bond acceptors (Lipinski definition) is 4. The van der Waals surface area contributed by atoms with E-state index in [1.165, 1.54) is 0 Å². The molecule has 1 atom stereocenters. The first kappa shape index (κ1) is 18.2. The van der Waals surface area contributed by atoms with Crippen LogP contribution in [0.1, 0.15) is 17.3 Å². The van der Waals surface area contributed by atoms with Gasteiger partial charge in [-0.05, 0) is 55.5 Å². The van der Waals surface area contributed by atoms with Crippen molar-refractivity contribution in [3.63, 3.8) is 0 Å². The molecule has 1 aromatic heterocycles. The van der Waals surface area contributed by atoms with E-state index in [1.54, 1.807) is 13.4 Å². The molecule has 0 N–H and O–H groups in total. The molecule has 3 aromatic rings. The average molecular weight is 376 g/mol. The van der Waals surface area contributed by atoms with Crippen LogP contribution in [0, 0.1) is 0 Å². The van der Waals surface area contributed by atoms with E-state index in [2.05, 4.69) is 24.0 Å². The Kier molecular flexibility index (Phi) is 5.06. The topological polar surface area (TPSA) is 45.9 Å². The molecule has 1 fully saturated rings. The summed E-state index contributed by atoms with van der Waals surface area (Å²) in [7, 11) is 1.67. The number of carbonyl (C=O) groups excluding carboxylic acids is 1. The fourth-order valence-corrected chi connectivity index (χ4v) is 3.67. The molecule has 4 rings (SSSR count). The van der Waals surface area contributed by atoms with Gasteiger partial charge in [-0.15, -0.1) is 0 Å². The Balaban J connectivity index is 1.43. The first-order chi connectivity index (χ1) is 13.7. The van der Waals surface area contributed by atoms with Crippen molar-refractivity contribution in [3.8, 4) is 17.1 Å². The lowest BCUT2D eigenvalue weighted by molar-refractivity contribution is 0.0674. The van der Waals surface area contributed by atoms with Gasteiger partial charge in [0.05, 0.1) is 13.4 Å². The molecule has 5 nitrogen and oxygen atoms in total. The molecular formula is C23H24N2O3. The van der Waals surface area contributed by atoms with Gasteiger partial charge in [0.25, 0.3) is 5.91 Å². The maximum absolute atomic E-state index is 13.0. The maximum atomic E-state index is 13.0. The van der Waals surface area contributed by atoms with Crippen LogP contribution in [0.2, 0.25) is 0 Å². The zero-order valence-electron chi connectivity index (χ0n) is 16.2. The lowest BCUT2D eigenvalue weighted by Crippen LogP contribution is -2.54. The smallest absolute Gasteiger partial charge is 0.254 e. The Morgan fingerprint density at radius 2 is 1.79 bits per heavy atom. The summed E-state index contributed by atoms with van der Waals surface area (Å²) in [5.74, 6) is 1.73. The average Bonchev–Trinajstić information content (AvgIpc) is 3.28. The summed E-state index contributed by atoms with van der Waals surface area (Å²) < 4.78 is 10.6. The van der Waals surface area contributed by atoms with Crippen molar-refractivity contribution in [3.05, 3.63) is 72.5 Å². The number of piperazine rings is 1. The van der Waals surface area contributed by atoms with Crippen LogP contribution in [0.5, 0.6) is 5.75 Å². The second-order valence-corrected chi connectivity index (χ2v) is 7.05. The van der Waals surface area contributed by atoms with E-state index in [1.807, 2.05) is 53.4 Å². The van der Waals surface area contributed by atoms with Crippen LogP contribution in [-0.4, -0.2) is 43.6 Å². The fourth-order valence-electron chi connectivity index (χ4n) is 3.67. The van der Waals surface area contributed by atoms with Gasteiger partial charge in [-0.3, -0.25) is 4.79 Å². The molecule has 0 radical (unpaired) electrons. The number of amides is 1. The third kappa shape index (κ3) is 3.60. The molecule has 1 aliphatic rings. The highest BCUT2D eigenvalue weighted by atomic mass is 16.5. The van der Waals surface area contributed by atoms with Crippen molar-refractivity contribution in [2.45, 2.75) is 13.0 Å². The van der Waals surface area contributed by atoms with Gasteiger partial charge < -0.3 is 19.0 Å². The van der Waals surface area contributed by atoms with Crippen molar-refractivity contribution in [1.29, 1.82) is 0 Å². The number of rotatable bonds is 4. The first-order valence-electron chi connectivity index (χ1n) is 9.49. The highest BCUT2D eigenvalue weighted by Crippen LogP contribution is 2.24. The summed E-state index contributed by atoms with van der Waals surface area (Å²) in [5.41, 5.74) is 2.83. The van der Waals surface area contributed by atoms with Crippen LogP contribution < -0.4 is 9.64 Å². The van der Waals surface area contributed by atoms with E-state index in [0.29, 0.717) is 12.1 Å². The van der Waals surface area contributed by atoms with E-state index in [-0.39, 0.29) is 11.9 Å². The van der Waals surface area contributed by atoms with E-state index < -0.39 is 0 Å². The summed E-state index contributed by atoms with van der Waals surface area (Å²) in [5, 5.41) is 0. The Labute approximate surface area is 165 Å². The van der Waals surface area contributed by atoms with Gasteiger partial charge in [0.1, 0.15) is 11.5 Å². The predicted octanol–water partition coefficient (Wildman–Crippen LogP) is 4.31. The lowest BCUT2D eigenvalue weighted by atomic mass is 10.1. The van der Waals surface area contributed by atoms with Crippen molar-refractivity contribution in [1.82, 2.24) is 4.90 Å². The molecule has 2 heterocycles. The van der Waals surface area contributed by atoms with Gasteiger partial charge >= 0.3 is 0 Å². The van der Waals surface area contributed by atoms with Gasteiger partial charge in [0.2, 0.25) is 0 Å². The number of nitrogens with zero attached hydrogens (tertiary/aromatic N) is 2. The molecule has 0 bridgehead atoms. The first-order valence-corrected chi connectivity index (χ1v) is 9.49. The number of methoxy groups -OCH3 is 1. The maximum Gasteiger partial charge on any atom is 0.254 e. The summed E-state index contributed by atoms with van der Waals surface area (Å²) in [6, 6.07) is 19.6. The molecule has 1 aliphatic heterocycles. The SMILES string of the molecule is COc1ccc(N2CCN(C(=O)c3ccc(-c4ccco4)cc3)[C@H](C)C2)cc1. The number of hydrogen-bond donors (Lipinski definition) is 0. The largest absolute Gasteiger partial charge is 0.497 e. The fraction of sp³-hybridized carbons (Fsp3) is 0.261. The van der Waals surface area contributed by atoms with Crippen LogP contribution >= 0.6 is 0 Å². The molecule has 5 heteroatoms. The summed E-state index contributed by atoms with van der Waals surface area (Å²) in [6.45, 7) is 4.42. The summed E-state index contributed by atoms with van der Waals surface area (Å²) in [6.07, 6.45) is 1.65. The van der Waals surface area contributed by atoms with E-state index in [0.717, 1.165) is 35.9 Å². The molecule has 2 aromatic carbocycles. The monoisotopic (exact) mass is 376 g/mol. The number of furan rings is 1. The lowest BCUT2D eigenvalue weighted by Gasteiger charge is -2.41. The van der Waals surface area contributed by atoms with Crippen molar-refractivity contribution in [2.75, 3.05) is 31.6 Å². The van der Waals surface area contributed by atoms with Crippen LogP contribution in [-0.2, 0) is 0 Å². The number of anilines is 1.